The number of hydrogen-bond donors (Lipinski definition) is 0. The molecule has 0 aliphatic carbocycles. The zero-order valence-electron chi connectivity index (χ0n) is 15.6. The summed E-state index contributed by atoms with van der Waals surface area (Å²) >= 11 is 0. The Balaban J connectivity index is 1.86. The highest BCUT2D eigenvalue weighted by Gasteiger charge is 2.23. The van der Waals surface area contributed by atoms with Gasteiger partial charge in [-0.3, -0.25) is 4.79 Å². The zero-order chi connectivity index (χ0) is 17.6. The van der Waals surface area contributed by atoms with Crippen LogP contribution < -0.4 is 0 Å². The second kappa shape index (κ2) is 13.1. The highest BCUT2D eigenvalue weighted by Crippen LogP contribution is 2.15. The van der Waals surface area contributed by atoms with Gasteiger partial charge in [0.1, 0.15) is 12.7 Å². The van der Waals surface area contributed by atoms with Crippen LogP contribution >= 0.6 is 0 Å². The van der Waals surface area contributed by atoms with Crippen LogP contribution in [0.15, 0.2) is 0 Å². The first kappa shape index (κ1) is 20.8. The summed E-state index contributed by atoms with van der Waals surface area (Å²) in [5.41, 5.74) is 0. The Bertz CT molecular complexity index is 359. The molecule has 140 valence electrons. The minimum atomic E-state index is -0.528. The number of hydrogen-bond acceptors (Lipinski definition) is 4. The van der Waals surface area contributed by atoms with Crippen LogP contribution in [0.1, 0.15) is 84.0 Å². The Hall–Kier alpha value is -1.26. The normalized spacial score (nSPS) is 16.8. The molecular weight excluding hydrogens is 306 g/mol. The van der Waals surface area contributed by atoms with Crippen LogP contribution in [0.5, 0.6) is 0 Å². The Labute approximate surface area is 147 Å². The first-order valence-corrected chi connectivity index (χ1v) is 9.71. The van der Waals surface area contributed by atoms with Crippen molar-refractivity contribution >= 4 is 12.1 Å². The molecular formula is C19H35NO4. The van der Waals surface area contributed by atoms with Crippen LogP contribution in [0.2, 0.25) is 0 Å². The molecule has 5 heteroatoms. The molecule has 1 amide bonds. The summed E-state index contributed by atoms with van der Waals surface area (Å²) in [6, 6.07) is 0. The van der Waals surface area contributed by atoms with Crippen molar-refractivity contribution in [2.45, 2.75) is 90.1 Å². The summed E-state index contributed by atoms with van der Waals surface area (Å²) in [5, 5.41) is 0. The number of rotatable bonds is 14. The molecule has 1 aliphatic heterocycles. The van der Waals surface area contributed by atoms with E-state index >= 15 is 0 Å². The predicted molar refractivity (Wildman–Crippen MR) is 94.9 cm³/mol. The molecule has 1 atom stereocenters. The van der Waals surface area contributed by atoms with Gasteiger partial charge in [0, 0.05) is 20.0 Å². The van der Waals surface area contributed by atoms with Crippen molar-refractivity contribution < 1.29 is 19.1 Å². The summed E-state index contributed by atoms with van der Waals surface area (Å²) in [7, 11) is 1.92. The fourth-order valence-electron chi connectivity index (χ4n) is 2.95. The van der Waals surface area contributed by atoms with Gasteiger partial charge in [0.25, 0.3) is 0 Å². The van der Waals surface area contributed by atoms with Crippen molar-refractivity contribution in [1.82, 2.24) is 4.90 Å². The van der Waals surface area contributed by atoms with Gasteiger partial charge in [-0.1, -0.05) is 51.9 Å². The number of ether oxygens (including phenoxy) is 2. The standard InChI is InChI=1S/C19H35NO4/c1-3-4-5-12-15-20(2)18(21)14-11-9-7-6-8-10-13-17-16-23-19(22)24-17/h17H,3-16H2,1-2H3. The summed E-state index contributed by atoms with van der Waals surface area (Å²) in [4.78, 5) is 24.7. The topological polar surface area (TPSA) is 55.8 Å². The van der Waals surface area contributed by atoms with E-state index in [9.17, 15) is 9.59 Å². The summed E-state index contributed by atoms with van der Waals surface area (Å²) in [6.07, 6.45) is 12.5. The monoisotopic (exact) mass is 341 g/mol. The number of amides is 1. The van der Waals surface area contributed by atoms with E-state index in [1.807, 2.05) is 11.9 Å². The Morgan fingerprint density at radius 3 is 2.38 bits per heavy atom. The van der Waals surface area contributed by atoms with Gasteiger partial charge in [-0.25, -0.2) is 4.79 Å². The molecule has 5 nitrogen and oxygen atoms in total. The second-order valence-corrected chi connectivity index (χ2v) is 6.84. The minimum absolute atomic E-state index is 0.0389. The highest BCUT2D eigenvalue weighted by molar-refractivity contribution is 5.75. The molecule has 0 aromatic carbocycles. The van der Waals surface area contributed by atoms with Crippen LogP contribution in [0.25, 0.3) is 0 Å². The minimum Gasteiger partial charge on any atom is -0.430 e. The highest BCUT2D eigenvalue weighted by atomic mass is 16.8. The molecule has 24 heavy (non-hydrogen) atoms. The lowest BCUT2D eigenvalue weighted by atomic mass is 10.1. The first-order chi connectivity index (χ1) is 11.6. The Morgan fingerprint density at radius 1 is 1.04 bits per heavy atom. The molecule has 1 heterocycles. The van der Waals surface area contributed by atoms with Crippen LogP contribution in [-0.4, -0.2) is 43.3 Å². The zero-order valence-corrected chi connectivity index (χ0v) is 15.6. The van der Waals surface area contributed by atoms with E-state index in [1.54, 1.807) is 0 Å². The van der Waals surface area contributed by atoms with E-state index in [4.69, 9.17) is 9.47 Å². The molecule has 1 saturated heterocycles. The van der Waals surface area contributed by atoms with Crippen molar-refractivity contribution in [1.29, 1.82) is 0 Å². The molecule has 1 fully saturated rings. The average molecular weight is 341 g/mol. The average Bonchev–Trinajstić information content (AvgIpc) is 2.99. The quantitative estimate of drug-likeness (QED) is 0.340. The van der Waals surface area contributed by atoms with E-state index in [0.29, 0.717) is 13.0 Å². The summed E-state index contributed by atoms with van der Waals surface area (Å²) in [6.45, 7) is 3.51. The van der Waals surface area contributed by atoms with Crippen molar-refractivity contribution in [3.05, 3.63) is 0 Å². The number of unbranched alkanes of at least 4 members (excludes halogenated alkanes) is 8. The maximum absolute atomic E-state index is 12.0. The molecule has 0 bridgehead atoms. The lowest BCUT2D eigenvalue weighted by Gasteiger charge is -2.17. The van der Waals surface area contributed by atoms with E-state index in [0.717, 1.165) is 45.1 Å². The van der Waals surface area contributed by atoms with Crippen LogP contribution in [0.3, 0.4) is 0 Å². The second-order valence-electron chi connectivity index (χ2n) is 6.84. The molecule has 0 aromatic heterocycles. The van der Waals surface area contributed by atoms with Gasteiger partial charge in [0.05, 0.1) is 0 Å². The van der Waals surface area contributed by atoms with Crippen molar-refractivity contribution in [2.24, 2.45) is 0 Å². The number of carbonyl (C=O) groups excluding carboxylic acids is 2. The molecule has 0 spiro atoms. The molecule has 0 N–H and O–H groups in total. The lowest BCUT2D eigenvalue weighted by Crippen LogP contribution is -2.27. The van der Waals surface area contributed by atoms with Gasteiger partial charge in [0.2, 0.25) is 5.91 Å². The first-order valence-electron chi connectivity index (χ1n) is 9.71. The van der Waals surface area contributed by atoms with E-state index < -0.39 is 6.16 Å². The summed E-state index contributed by atoms with van der Waals surface area (Å²) in [5.74, 6) is 0.287. The largest absolute Gasteiger partial charge is 0.508 e. The summed E-state index contributed by atoms with van der Waals surface area (Å²) < 4.78 is 9.75. The smallest absolute Gasteiger partial charge is 0.430 e. The fraction of sp³-hybridized carbons (Fsp3) is 0.895. The van der Waals surface area contributed by atoms with Gasteiger partial charge in [-0.2, -0.15) is 0 Å². The third-order valence-corrected chi connectivity index (χ3v) is 4.59. The maximum Gasteiger partial charge on any atom is 0.508 e. The van der Waals surface area contributed by atoms with Gasteiger partial charge in [0.15, 0.2) is 0 Å². The number of cyclic esters (lactones) is 2. The Kier molecular flexibility index (Phi) is 11.3. The third kappa shape index (κ3) is 9.78. The van der Waals surface area contributed by atoms with Crippen LogP contribution in [0, 0.1) is 0 Å². The maximum atomic E-state index is 12.0. The van der Waals surface area contributed by atoms with E-state index in [2.05, 4.69) is 6.92 Å². The van der Waals surface area contributed by atoms with Gasteiger partial charge < -0.3 is 14.4 Å². The van der Waals surface area contributed by atoms with E-state index in [-0.39, 0.29) is 12.0 Å². The van der Waals surface area contributed by atoms with Crippen LogP contribution in [-0.2, 0) is 14.3 Å². The third-order valence-electron chi connectivity index (χ3n) is 4.59. The molecule has 1 unspecified atom stereocenters. The fourth-order valence-corrected chi connectivity index (χ4v) is 2.95. The molecule has 0 saturated carbocycles. The van der Waals surface area contributed by atoms with Crippen molar-refractivity contribution in [3.8, 4) is 0 Å². The van der Waals surface area contributed by atoms with Gasteiger partial charge >= 0.3 is 6.16 Å². The van der Waals surface area contributed by atoms with Gasteiger partial charge in [-0.15, -0.1) is 0 Å². The van der Waals surface area contributed by atoms with E-state index in [1.165, 1.54) is 32.1 Å². The van der Waals surface area contributed by atoms with Crippen molar-refractivity contribution in [3.63, 3.8) is 0 Å². The van der Waals surface area contributed by atoms with Crippen LogP contribution in [0.4, 0.5) is 4.79 Å². The molecule has 0 aromatic rings. The molecule has 1 rings (SSSR count). The predicted octanol–water partition coefficient (Wildman–Crippen LogP) is 4.68. The number of nitrogens with zero attached hydrogens (tertiary/aromatic N) is 1. The lowest BCUT2D eigenvalue weighted by molar-refractivity contribution is -0.130. The van der Waals surface area contributed by atoms with Gasteiger partial charge in [-0.05, 0) is 25.7 Å². The molecule has 0 radical (unpaired) electrons. The SMILES string of the molecule is CCCCCCN(C)C(=O)CCCCCCCCC1COC(=O)O1. The number of carbonyl (C=O) groups is 2. The Morgan fingerprint density at radius 2 is 1.71 bits per heavy atom. The van der Waals surface area contributed by atoms with Crippen molar-refractivity contribution in [2.75, 3.05) is 20.2 Å². The molecule has 1 aliphatic rings.